The summed E-state index contributed by atoms with van der Waals surface area (Å²) in [5, 5.41) is 0. The normalized spacial score (nSPS) is 22.6. The zero-order chi connectivity index (χ0) is 22.4. The van der Waals surface area contributed by atoms with Crippen molar-refractivity contribution in [3.05, 3.63) is 23.8 Å². The number of carbonyl (C=O) groups excluding carboxylic acids is 2. The highest BCUT2D eigenvalue weighted by atomic mass is 32.2. The topological polar surface area (TPSA) is 78.0 Å². The first kappa shape index (κ1) is 22.3. The average Bonchev–Trinajstić information content (AvgIpc) is 2.95. The average molecular weight is 448 g/mol. The largest absolute Gasteiger partial charge is 0.341 e. The molecular weight excluding hydrogens is 414 g/mol. The Balaban J connectivity index is 1.60. The van der Waals surface area contributed by atoms with Crippen molar-refractivity contribution in [3.63, 3.8) is 0 Å². The van der Waals surface area contributed by atoms with Crippen molar-refractivity contribution in [2.24, 2.45) is 5.92 Å². The van der Waals surface area contributed by atoms with Crippen molar-refractivity contribution in [1.82, 2.24) is 9.21 Å². The third-order valence-electron chi connectivity index (χ3n) is 7.09. The molecule has 0 unspecified atom stereocenters. The summed E-state index contributed by atoms with van der Waals surface area (Å²) >= 11 is 0. The second-order valence-electron chi connectivity index (χ2n) is 9.72. The summed E-state index contributed by atoms with van der Waals surface area (Å²) in [6, 6.07) is 4.92. The Hall–Kier alpha value is -1.93. The van der Waals surface area contributed by atoms with Gasteiger partial charge in [-0.2, -0.15) is 4.31 Å². The van der Waals surface area contributed by atoms with Crippen LogP contribution in [0.3, 0.4) is 0 Å². The van der Waals surface area contributed by atoms with Crippen LogP contribution in [0.5, 0.6) is 0 Å². The van der Waals surface area contributed by atoms with E-state index in [1.165, 1.54) is 4.90 Å². The van der Waals surface area contributed by atoms with E-state index in [0.717, 1.165) is 45.2 Å². The van der Waals surface area contributed by atoms with E-state index in [0.29, 0.717) is 30.3 Å². The van der Waals surface area contributed by atoms with E-state index in [1.54, 1.807) is 36.4 Å². The zero-order valence-corrected chi connectivity index (χ0v) is 19.6. The standard InChI is InChI=1S/C23H33N3O4S/c1-17-9-13-24(14-10-17)21(27)16-26-20-8-7-18(15-19(20)23(2,3)22(26)28)31(29,30)25-11-5-4-6-12-25/h7-8,15,17H,4-6,9-14,16H2,1-3H3. The van der Waals surface area contributed by atoms with Gasteiger partial charge < -0.3 is 9.80 Å². The van der Waals surface area contributed by atoms with Gasteiger partial charge in [-0.15, -0.1) is 0 Å². The molecule has 0 radical (unpaired) electrons. The molecule has 3 heterocycles. The van der Waals surface area contributed by atoms with Gasteiger partial charge in [0.15, 0.2) is 0 Å². The second-order valence-corrected chi connectivity index (χ2v) is 11.7. The van der Waals surface area contributed by atoms with Crippen molar-refractivity contribution in [2.45, 2.75) is 63.2 Å². The van der Waals surface area contributed by atoms with Gasteiger partial charge >= 0.3 is 0 Å². The van der Waals surface area contributed by atoms with Crippen LogP contribution in [0.25, 0.3) is 0 Å². The van der Waals surface area contributed by atoms with E-state index < -0.39 is 15.4 Å². The van der Waals surface area contributed by atoms with E-state index in [-0.39, 0.29) is 23.3 Å². The molecule has 8 heteroatoms. The predicted molar refractivity (Wildman–Crippen MR) is 119 cm³/mol. The molecule has 31 heavy (non-hydrogen) atoms. The van der Waals surface area contributed by atoms with Gasteiger partial charge in [0.25, 0.3) is 0 Å². The number of nitrogens with zero attached hydrogens (tertiary/aromatic N) is 3. The van der Waals surface area contributed by atoms with Gasteiger partial charge in [-0.05, 0) is 69.2 Å². The minimum atomic E-state index is -3.59. The molecular formula is C23H33N3O4S. The molecule has 4 rings (SSSR count). The fraction of sp³-hybridized carbons (Fsp3) is 0.652. The molecule has 0 aliphatic carbocycles. The fourth-order valence-corrected chi connectivity index (χ4v) is 6.42. The Bertz CT molecular complexity index is 975. The Morgan fingerprint density at radius 1 is 1.06 bits per heavy atom. The molecule has 3 aliphatic heterocycles. The molecule has 2 amide bonds. The van der Waals surface area contributed by atoms with Crippen molar-refractivity contribution < 1.29 is 18.0 Å². The zero-order valence-electron chi connectivity index (χ0n) is 18.8. The Morgan fingerprint density at radius 2 is 1.71 bits per heavy atom. The van der Waals surface area contributed by atoms with Crippen LogP contribution in [-0.4, -0.2) is 62.2 Å². The van der Waals surface area contributed by atoms with Gasteiger partial charge in [0.2, 0.25) is 21.8 Å². The molecule has 2 fully saturated rings. The number of fused-ring (bicyclic) bond motifs is 1. The minimum Gasteiger partial charge on any atom is -0.341 e. The van der Waals surface area contributed by atoms with Crippen LogP contribution >= 0.6 is 0 Å². The molecule has 0 bridgehead atoms. The van der Waals surface area contributed by atoms with Crippen molar-refractivity contribution >= 4 is 27.5 Å². The summed E-state index contributed by atoms with van der Waals surface area (Å²) in [6.07, 6.45) is 4.77. The van der Waals surface area contributed by atoms with E-state index in [1.807, 2.05) is 4.90 Å². The summed E-state index contributed by atoms with van der Waals surface area (Å²) in [6.45, 7) is 8.34. The van der Waals surface area contributed by atoms with E-state index in [9.17, 15) is 18.0 Å². The smallest absolute Gasteiger partial charge is 0.243 e. The number of anilines is 1. The minimum absolute atomic E-state index is 0.00185. The van der Waals surface area contributed by atoms with Gasteiger partial charge in [-0.3, -0.25) is 9.59 Å². The number of hydrogen-bond donors (Lipinski definition) is 0. The van der Waals surface area contributed by atoms with Gasteiger partial charge in [-0.25, -0.2) is 8.42 Å². The molecule has 170 valence electrons. The molecule has 1 aromatic carbocycles. The van der Waals surface area contributed by atoms with Crippen LogP contribution in [0.4, 0.5) is 5.69 Å². The Kier molecular flexibility index (Phi) is 5.89. The summed E-state index contributed by atoms with van der Waals surface area (Å²) in [4.78, 5) is 29.7. The number of benzene rings is 1. The van der Waals surface area contributed by atoms with Gasteiger partial charge in [0.05, 0.1) is 10.3 Å². The molecule has 0 aromatic heterocycles. The molecule has 0 spiro atoms. The maximum absolute atomic E-state index is 13.2. The Morgan fingerprint density at radius 3 is 2.35 bits per heavy atom. The van der Waals surface area contributed by atoms with Crippen LogP contribution in [0, 0.1) is 5.92 Å². The number of carbonyl (C=O) groups is 2. The SMILES string of the molecule is CC1CCN(C(=O)CN2C(=O)C(C)(C)c3cc(S(=O)(=O)N4CCCCC4)ccc32)CC1. The summed E-state index contributed by atoms with van der Waals surface area (Å²) in [5.74, 6) is 0.417. The first-order valence-electron chi connectivity index (χ1n) is 11.4. The quantitative estimate of drug-likeness (QED) is 0.711. The molecule has 2 saturated heterocycles. The molecule has 3 aliphatic rings. The van der Waals surface area contributed by atoms with Crippen LogP contribution in [0.2, 0.25) is 0 Å². The summed E-state index contributed by atoms with van der Waals surface area (Å²) < 4.78 is 27.8. The molecule has 0 atom stereocenters. The third kappa shape index (κ3) is 4.00. The van der Waals surface area contributed by atoms with Crippen molar-refractivity contribution in [1.29, 1.82) is 0 Å². The molecule has 0 N–H and O–H groups in total. The number of amides is 2. The second kappa shape index (κ2) is 8.20. The van der Waals surface area contributed by atoms with Gasteiger partial charge in [0, 0.05) is 31.9 Å². The van der Waals surface area contributed by atoms with E-state index in [2.05, 4.69) is 6.92 Å². The summed E-state index contributed by atoms with van der Waals surface area (Å²) in [5.41, 5.74) is 0.446. The van der Waals surface area contributed by atoms with Gasteiger partial charge in [0.1, 0.15) is 6.54 Å². The van der Waals surface area contributed by atoms with Crippen LogP contribution < -0.4 is 4.90 Å². The predicted octanol–water partition coefficient (Wildman–Crippen LogP) is 2.74. The van der Waals surface area contributed by atoms with Gasteiger partial charge in [-0.1, -0.05) is 13.3 Å². The summed E-state index contributed by atoms with van der Waals surface area (Å²) in [7, 11) is -3.59. The monoisotopic (exact) mass is 447 g/mol. The number of rotatable bonds is 4. The third-order valence-corrected chi connectivity index (χ3v) is 8.99. The highest BCUT2D eigenvalue weighted by molar-refractivity contribution is 7.89. The maximum atomic E-state index is 13.2. The number of hydrogen-bond acceptors (Lipinski definition) is 4. The van der Waals surface area contributed by atoms with E-state index in [4.69, 9.17) is 0 Å². The lowest BCUT2D eigenvalue weighted by Crippen LogP contribution is -2.46. The highest BCUT2D eigenvalue weighted by Crippen LogP contribution is 2.43. The fourth-order valence-electron chi connectivity index (χ4n) is 4.88. The van der Waals surface area contributed by atoms with Crippen LogP contribution in [0.15, 0.2) is 23.1 Å². The highest BCUT2D eigenvalue weighted by Gasteiger charge is 2.45. The lowest BCUT2D eigenvalue weighted by molar-refractivity contribution is -0.133. The van der Waals surface area contributed by atoms with E-state index >= 15 is 0 Å². The lowest BCUT2D eigenvalue weighted by atomic mass is 9.86. The van der Waals surface area contributed by atoms with Crippen LogP contribution in [0.1, 0.15) is 58.4 Å². The van der Waals surface area contributed by atoms with Crippen LogP contribution in [-0.2, 0) is 25.0 Å². The molecule has 0 saturated carbocycles. The number of sulfonamides is 1. The molecule has 1 aromatic rings. The Labute approximate surface area is 185 Å². The maximum Gasteiger partial charge on any atom is 0.243 e. The number of piperidine rings is 2. The number of likely N-dealkylation sites (tertiary alicyclic amines) is 1. The lowest BCUT2D eigenvalue weighted by Gasteiger charge is -2.32. The molecule has 7 nitrogen and oxygen atoms in total. The van der Waals surface area contributed by atoms with Crippen molar-refractivity contribution in [3.8, 4) is 0 Å². The first-order chi connectivity index (χ1) is 14.6. The van der Waals surface area contributed by atoms with Crippen molar-refractivity contribution in [2.75, 3.05) is 37.6 Å². The first-order valence-corrected chi connectivity index (χ1v) is 12.8.